The molecule has 2 N–H and O–H groups in total. The van der Waals surface area contributed by atoms with Gasteiger partial charge in [0.25, 0.3) is 11.8 Å². The first kappa shape index (κ1) is 17.6. The largest absolute Gasteiger partial charge is 0.485 e. The number of para-hydroxylation sites is 2. The number of rotatable bonds is 3. The van der Waals surface area contributed by atoms with Crippen LogP contribution in [0.15, 0.2) is 72.8 Å². The lowest BCUT2D eigenvalue weighted by Crippen LogP contribution is -2.50. The Bertz CT molecular complexity index is 1060. The standard InChI is InChI=1S/C22H18N2O4/c25-21(13-12-16-8-5-7-15-6-1-2-9-17(15)16)23-24-22(26)20-14-27-18-10-3-4-11-19(18)28-20/h1-13,20H,14H2,(H,23,25)(H,24,26). The lowest BCUT2D eigenvalue weighted by molar-refractivity contribution is -0.134. The van der Waals surface area contributed by atoms with Crippen molar-refractivity contribution in [3.8, 4) is 11.5 Å². The fourth-order valence-corrected chi connectivity index (χ4v) is 2.96. The molecule has 0 radical (unpaired) electrons. The number of hydrogen-bond donors (Lipinski definition) is 2. The number of ether oxygens (including phenoxy) is 2. The zero-order valence-corrected chi connectivity index (χ0v) is 14.9. The Kier molecular flexibility index (Phi) is 4.93. The van der Waals surface area contributed by atoms with Crippen molar-refractivity contribution in [2.24, 2.45) is 0 Å². The lowest BCUT2D eigenvalue weighted by Gasteiger charge is -2.25. The van der Waals surface area contributed by atoms with Crippen molar-refractivity contribution in [2.75, 3.05) is 6.61 Å². The first-order valence-electron chi connectivity index (χ1n) is 8.85. The van der Waals surface area contributed by atoms with Gasteiger partial charge in [-0.25, -0.2) is 0 Å². The molecule has 3 aromatic rings. The maximum absolute atomic E-state index is 12.2. The summed E-state index contributed by atoms with van der Waals surface area (Å²) in [5.41, 5.74) is 5.64. The Labute approximate surface area is 161 Å². The van der Waals surface area contributed by atoms with Crippen molar-refractivity contribution >= 4 is 28.7 Å². The average molecular weight is 374 g/mol. The summed E-state index contributed by atoms with van der Waals surface area (Å²) in [5.74, 6) is 0.157. The molecule has 1 aliphatic heterocycles. The minimum absolute atomic E-state index is 0.0740. The minimum Gasteiger partial charge on any atom is -0.485 e. The van der Waals surface area contributed by atoms with E-state index in [1.165, 1.54) is 6.08 Å². The van der Waals surface area contributed by atoms with Crippen molar-refractivity contribution in [2.45, 2.75) is 6.10 Å². The zero-order valence-electron chi connectivity index (χ0n) is 14.9. The van der Waals surface area contributed by atoms with Crippen LogP contribution in [-0.4, -0.2) is 24.5 Å². The van der Waals surface area contributed by atoms with Gasteiger partial charge >= 0.3 is 0 Å². The minimum atomic E-state index is -0.836. The Balaban J connectivity index is 1.34. The first-order chi connectivity index (χ1) is 13.7. The Morgan fingerprint density at radius 1 is 0.893 bits per heavy atom. The molecule has 0 aliphatic carbocycles. The quantitative estimate of drug-likeness (QED) is 0.546. The van der Waals surface area contributed by atoms with Crippen molar-refractivity contribution < 1.29 is 19.1 Å². The molecule has 1 atom stereocenters. The van der Waals surface area contributed by atoms with Gasteiger partial charge in [0, 0.05) is 6.08 Å². The molecule has 6 heteroatoms. The van der Waals surface area contributed by atoms with Gasteiger partial charge in [-0.3, -0.25) is 20.4 Å². The van der Waals surface area contributed by atoms with E-state index in [0.29, 0.717) is 11.5 Å². The van der Waals surface area contributed by atoms with Gasteiger partial charge in [0.2, 0.25) is 6.10 Å². The second-order valence-corrected chi connectivity index (χ2v) is 6.24. The van der Waals surface area contributed by atoms with Crippen molar-refractivity contribution in [3.63, 3.8) is 0 Å². The van der Waals surface area contributed by atoms with E-state index in [1.807, 2.05) is 48.5 Å². The van der Waals surface area contributed by atoms with E-state index in [9.17, 15) is 9.59 Å². The van der Waals surface area contributed by atoms with Gasteiger partial charge < -0.3 is 9.47 Å². The van der Waals surface area contributed by atoms with Crippen LogP contribution in [0.25, 0.3) is 16.8 Å². The van der Waals surface area contributed by atoms with E-state index in [1.54, 1.807) is 24.3 Å². The Morgan fingerprint density at radius 2 is 1.64 bits per heavy atom. The van der Waals surface area contributed by atoms with E-state index >= 15 is 0 Å². The average Bonchev–Trinajstić information content (AvgIpc) is 2.75. The van der Waals surface area contributed by atoms with Crippen molar-refractivity contribution in [1.82, 2.24) is 10.9 Å². The highest BCUT2D eigenvalue weighted by Gasteiger charge is 2.27. The molecule has 3 aromatic carbocycles. The van der Waals surface area contributed by atoms with Gasteiger partial charge in [0.05, 0.1) is 0 Å². The summed E-state index contributed by atoms with van der Waals surface area (Å²) >= 11 is 0. The zero-order chi connectivity index (χ0) is 19.3. The lowest BCUT2D eigenvalue weighted by atomic mass is 10.0. The number of hydrazine groups is 1. The molecule has 6 nitrogen and oxygen atoms in total. The molecule has 0 saturated heterocycles. The summed E-state index contributed by atoms with van der Waals surface area (Å²) in [4.78, 5) is 24.3. The van der Waals surface area contributed by atoms with Crippen LogP contribution < -0.4 is 20.3 Å². The highest BCUT2D eigenvalue weighted by molar-refractivity contribution is 5.97. The van der Waals surface area contributed by atoms with Crippen LogP contribution >= 0.6 is 0 Å². The summed E-state index contributed by atoms with van der Waals surface area (Å²) < 4.78 is 11.1. The molecule has 0 fully saturated rings. The van der Waals surface area contributed by atoms with Crippen molar-refractivity contribution in [3.05, 3.63) is 78.4 Å². The molecule has 2 amide bonds. The molecule has 28 heavy (non-hydrogen) atoms. The third-order valence-electron chi connectivity index (χ3n) is 4.35. The highest BCUT2D eigenvalue weighted by Crippen LogP contribution is 2.30. The van der Waals surface area contributed by atoms with E-state index in [2.05, 4.69) is 10.9 Å². The predicted octanol–water partition coefficient (Wildman–Crippen LogP) is 2.84. The third-order valence-corrected chi connectivity index (χ3v) is 4.35. The predicted molar refractivity (Wildman–Crippen MR) is 106 cm³/mol. The summed E-state index contributed by atoms with van der Waals surface area (Å²) in [6, 6.07) is 20.9. The van der Waals surface area contributed by atoms with Gasteiger partial charge in [-0.05, 0) is 34.5 Å². The van der Waals surface area contributed by atoms with Crippen molar-refractivity contribution in [1.29, 1.82) is 0 Å². The van der Waals surface area contributed by atoms with Crippen LogP contribution in [0.5, 0.6) is 11.5 Å². The number of nitrogens with one attached hydrogen (secondary N) is 2. The molecule has 1 unspecified atom stereocenters. The van der Waals surface area contributed by atoms with Crippen LogP contribution in [-0.2, 0) is 9.59 Å². The number of fused-ring (bicyclic) bond motifs is 2. The summed E-state index contributed by atoms with van der Waals surface area (Å²) in [5, 5.41) is 2.14. The maximum Gasteiger partial charge on any atom is 0.283 e. The Morgan fingerprint density at radius 3 is 2.54 bits per heavy atom. The van der Waals surface area contributed by atoms with Crippen LogP contribution in [0.1, 0.15) is 5.56 Å². The van der Waals surface area contributed by atoms with Crippen LogP contribution in [0.3, 0.4) is 0 Å². The summed E-state index contributed by atoms with van der Waals surface area (Å²) in [6.07, 6.45) is 2.24. The normalized spacial score (nSPS) is 15.4. The van der Waals surface area contributed by atoms with Gasteiger partial charge in [0.15, 0.2) is 11.5 Å². The molecular weight excluding hydrogens is 356 g/mol. The summed E-state index contributed by atoms with van der Waals surface area (Å²) in [6.45, 7) is 0.0740. The van der Waals surface area contributed by atoms with E-state index in [4.69, 9.17) is 9.47 Å². The third kappa shape index (κ3) is 3.81. The number of carbonyl (C=O) groups excluding carboxylic acids is 2. The first-order valence-corrected chi connectivity index (χ1v) is 8.85. The van der Waals surface area contributed by atoms with E-state index in [-0.39, 0.29) is 6.61 Å². The van der Waals surface area contributed by atoms with E-state index < -0.39 is 17.9 Å². The second-order valence-electron chi connectivity index (χ2n) is 6.24. The molecule has 0 aromatic heterocycles. The van der Waals surface area contributed by atoms with Gasteiger partial charge in [-0.1, -0.05) is 54.6 Å². The molecule has 4 rings (SSSR count). The van der Waals surface area contributed by atoms with Gasteiger partial charge in [-0.15, -0.1) is 0 Å². The molecule has 140 valence electrons. The smallest absolute Gasteiger partial charge is 0.283 e. The Hall–Kier alpha value is -3.80. The second kappa shape index (κ2) is 7.84. The molecule has 1 aliphatic rings. The highest BCUT2D eigenvalue weighted by atomic mass is 16.6. The van der Waals surface area contributed by atoms with Crippen LogP contribution in [0, 0.1) is 0 Å². The van der Waals surface area contributed by atoms with Gasteiger partial charge in [-0.2, -0.15) is 0 Å². The molecule has 0 spiro atoms. The van der Waals surface area contributed by atoms with E-state index in [0.717, 1.165) is 16.3 Å². The maximum atomic E-state index is 12.2. The molecule has 0 saturated carbocycles. The molecular formula is C22H18N2O4. The number of amides is 2. The number of hydrogen-bond acceptors (Lipinski definition) is 4. The fourth-order valence-electron chi connectivity index (χ4n) is 2.96. The van der Waals surface area contributed by atoms with Crippen LogP contribution in [0.2, 0.25) is 0 Å². The SMILES string of the molecule is O=C(C=Cc1cccc2ccccc12)NNC(=O)C1COc2ccccc2O1. The summed E-state index contributed by atoms with van der Waals surface area (Å²) in [7, 11) is 0. The molecule has 0 bridgehead atoms. The monoisotopic (exact) mass is 374 g/mol. The molecule has 1 heterocycles. The number of carbonyl (C=O) groups is 2. The number of benzene rings is 3. The van der Waals surface area contributed by atoms with Gasteiger partial charge in [0.1, 0.15) is 6.61 Å². The fraction of sp³-hybridized carbons (Fsp3) is 0.0909. The topological polar surface area (TPSA) is 76.7 Å². The van der Waals surface area contributed by atoms with Crippen LogP contribution in [0.4, 0.5) is 0 Å².